The molecule has 0 fully saturated rings. The number of aldehydes is 1. The third-order valence-corrected chi connectivity index (χ3v) is 4.35. The highest BCUT2D eigenvalue weighted by atomic mass is 16.1. The van der Waals surface area contributed by atoms with Gasteiger partial charge in [-0.05, 0) is 24.7 Å². The molecule has 128 valence electrons. The maximum Gasteiger partial charge on any atom is 0.146 e. The average molecular weight is 310 g/mol. The second-order valence-corrected chi connectivity index (χ2v) is 7.38. The molecule has 0 aliphatic carbocycles. The molecule has 0 amide bonds. The molecule has 0 saturated carbocycles. The largest absolute Gasteiger partial charge is 0.303 e. The zero-order valence-electron chi connectivity index (χ0n) is 15.1. The molecule has 3 heteroatoms. The fourth-order valence-corrected chi connectivity index (χ4v) is 2.71. The topological polar surface area (TPSA) is 51.2 Å². The number of hydrogen-bond donors (Lipinski definition) is 0. The summed E-state index contributed by atoms with van der Waals surface area (Å²) in [4.78, 5) is 35.7. The van der Waals surface area contributed by atoms with Gasteiger partial charge >= 0.3 is 0 Å². The molecule has 0 saturated heterocycles. The van der Waals surface area contributed by atoms with Crippen molar-refractivity contribution < 1.29 is 14.4 Å². The third kappa shape index (κ3) is 7.86. The predicted molar refractivity (Wildman–Crippen MR) is 90.8 cm³/mol. The van der Waals surface area contributed by atoms with Gasteiger partial charge in [0.2, 0.25) is 0 Å². The zero-order valence-corrected chi connectivity index (χ0v) is 15.1. The standard InChI is InChI=1S/C19H34O3/c1-6-8-9-10-11-16(21)13-12-15(7-2)18(22)17(14-20)19(3,4)5/h14-15,17H,6-13H2,1-5H3. The van der Waals surface area contributed by atoms with Gasteiger partial charge in [0, 0.05) is 18.8 Å². The maximum atomic E-state index is 12.5. The highest BCUT2D eigenvalue weighted by Crippen LogP contribution is 2.29. The lowest BCUT2D eigenvalue weighted by Crippen LogP contribution is -2.34. The second kappa shape index (κ2) is 10.7. The molecule has 0 aliphatic rings. The van der Waals surface area contributed by atoms with Crippen LogP contribution in [0.25, 0.3) is 0 Å². The van der Waals surface area contributed by atoms with E-state index in [0.29, 0.717) is 25.7 Å². The van der Waals surface area contributed by atoms with Crippen molar-refractivity contribution in [2.45, 2.75) is 86.0 Å². The molecule has 0 aromatic carbocycles. The Hall–Kier alpha value is -0.990. The number of carbonyl (C=O) groups is 3. The van der Waals surface area contributed by atoms with E-state index in [9.17, 15) is 14.4 Å². The molecule has 0 radical (unpaired) electrons. The lowest BCUT2D eigenvalue weighted by molar-refractivity contribution is -0.134. The van der Waals surface area contributed by atoms with E-state index in [1.165, 1.54) is 12.8 Å². The Balaban J connectivity index is 4.39. The van der Waals surface area contributed by atoms with E-state index in [4.69, 9.17) is 0 Å². The number of carbonyl (C=O) groups excluding carboxylic acids is 3. The van der Waals surface area contributed by atoms with E-state index in [0.717, 1.165) is 19.1 Å². The van der Waals surface area contributed by atoms with Crippen molar-refractivity contribution in [3.05, 3.63) is 0 Å². The van der Waals surface area contributed by atoms with Crippen LogP contribution < -0.4 is 0 Å². The molecule has 2 atom stereocenters. The maximum absolute atomic E-state index is 12.5. The van der Waals surface area contributed by atoms with Gasteiger partial charge in [0.15, 0.2) is 0 Å². The summed E-state index contributed by atoms with van der Waals surface area (Å²) in [6.45, 7) is 9.84. The van der Waals surface area contributed by atoms with E-state index in [1.807, 2.05) is 27.7 Å². The lowest BCUT2D eigenvalue weighted by Gasteiger charge is -2.28. The van der Waals surface area contributed by atoms with Crippen molar-refractivity contribution in [3.8, 4) is 0 Å². The third-order valence-electron chi connectivity index (χ3n) is 4.35. The van der Waals surface area contributed by atoms with E-state index in [2.05, 4.69) is 6.92 Å². The zero-order chi connectivity index (χ0) is 17.2. The summed E-state index contributed by atoms with van der Waals surface area (Å²) >= 11 is 0. The minimum atomic E-state index is -0.572. The van der Waals surface area contributed by atoms with Crippen LogP contribution in [0.15, 0.2) is 0 Å². The molecular formula is C19H34O3. The van der Waals surface area contributed by atoms with Crippen molar-refractivity contribution in [1.29, 1.82) is 0 Å². The Kier molecular flexibility index (Phi) is 10.2. The van der Waals surface area contributed by atoms with Crippen molar-refractivity contribution >= 4 is 17.9 Å². The first-order valence-corrected chi connectivity index (χ1v) is 8.78. The molecule has 22 heavy (non-hydrogen) atoms. The monoisotopic (exact) mass is 310 g/mol. The summed E-state index contributed by atoms with van der Waals surface area (Å²) in [5.41, 5.74) is -0.351. The van der Waals surface area contributed by atoms with Crippen molar-refractivity contribution in [1.82, 2.24) is 0 Å². The summed E-state index contributed by atoms with van der Waals surface area (Å²) in [6.07, 6.45) is 7.55. The number of hydrogen-bond acceptors (Lipinski definition) is 3. The number of unbranched alkanes of at least 4 members (excludes halogenated alkanes) is 3. The van der Waals surface area contributed by atoms with Crippen LogP contribution in [-0.4, -0.2) is 17.9 Å². The molecule has 2 unspecified atom stereocenters. The molecule has 0 rings (SSSR count). The fraction of sp³-hybridized carbons (Fsp3) is 0.842. The fourth-order valence-electron chi connectivity index (χ4n) is 2.71. The Morgan fingerprint density at radius 3 is 2.09 bits per heavy atom. The molecular weight excluding hydrogens is 276 g/mol. The quantitative estimate of drug-likeness (QED) is 0.296. The van der Waals surface area contributed by atoms with Crippen LogP contribution in [0.3, 0.4) is 0 Å². The first kappa shape index (κ1) is 21.0. The van der Waals surface area contributed by atoms with Crippen molar-refractivity contribution in [2.24, 2.45) is 17.3 Å². The van der Waals surface area contributed by atoms with Crippen LogP contribution in [0.4, 0.5) is 0 Å². The summed E-state index contributed by atoms with van der Waals surface area (Å²) in [5, 5.41) is 0. The highest BCUT2D eigenvalue weighted by molar-refractivity contribution is 5.95. The lowest BCUT2D eigenvalue weighted by atomic mass is 9.74. The highest BCUT2D eigenvalue weighted by Gasteiger charge is 2.34. The summed E-state index contributed by atoms with van der Waals surface area (Å²) in [7, 11) is 0. The first-order valence-electron chi connectivity index (χ1n) is 8.78. The second-order valence-electron chi connectivity index (χ2n) is 7.38. The number of rotatable bonds is 12. The van der Waals surface area contributed by atoms with E-state index < -0.39 is 5.92 Å². The van der Waals surface area contributed by atoms with Gasteiger partial charge in [-0.25, -0.2) is 0 Å². The predicted octanol–water partition coefficient (Wildman–Crippen LogP) is 4.76. The van der Waals surface area contributed by atoms with Gasteiger partial charge < -0.3 is 4.79 Å². The SMILES string of the molecule is CCCCCCC(=O)CCC(CC)C(=O)C(C=O)C(C)(C)C. The Labute approximate surface area is 136 Å². The first-order chi connectivity index (χ1) is 10.3. The molecule has 0 aromatic heterocycles. The van der Waals surface area contributed by atoms with Crippen molar-refractivity contribution in [2.75, 3.05) is 0 Å². The van der Waals surface area contributed by atoms with Crippen LogP contribution in [0.1, 0.15) is 86.0 Å². The van der Waals surface area contributed by atoms with Gasteiger partial charge in [-0.1, -0.05) is 53.9 Å². The summed E-state index contributed by atoms with van der Waals surface area (Å²) in [6, 6.07) is 0. The van der Waals surface area contributed by atoms with Crippen LogP contribution >= 0.6 is 0 Å². The number of ketones is 2. The minimum absolute atomic E-state index is 0.00350. The molecule has 0 aliphatic heterocycles. The van der Waals surface area contributed by atoms with E-state index in [-0.39, 0.29) is 22.9 Å². The molecule has 3 nitrogen and oxygen atoms in total. The molecule has 0 N–H and O–H groups in total. The smallest absolute Gasteiger partial charge is 0.146 e. The average Bonchev–Trinajstić information content (AvgIpc) is 2.43. The Morgan fingerprint density at radius 1 is 1.00 bits per heavy atom. The Bertz CT molecular complexity index is 352. The molecule has 0 heterocycles. The van der Waals surface area contributed by atoms with Gasteiger partial charge in [-0.15, -0.1) is 0 Å². The van der Waals surface area contributed by atoms with Gasteiger partial charge in [0.05, 0.1) is 5.92 Å². The van der Waals surface area contributed by atoms with Crippen LogP contribution in [-0.2, 0) is 14.4 Å². The number of Topliss-reactive ketones (excluding diaryl/α,β-unsaturated/α-hetero) is 2. The van der Waals surface area contributed by atoms with Gasteiger partial charge in [-0.3, -0.25) is 9.59 Å². The summed E-state index contributed by atoms with van der Waals surface area (Å²) < 4.78 is 0. The van der Waals surface area contributed by atoms with Gasteiger partial charge in [-0.2, -0.15) is 0 Å². The van der Waals surface area contributed by atoms with E-state index in [1.54, 1.807) is 0 Å². The van der Waals surface area contributed by atoms with Crippen molar-refractivity contribution in [3.63, 3.8) is 0 Å². The molecule has 0 bridgehead atoms. The molecule has 0 spiro atoms. The van der Waals surface area contributed by atoms with Crippen LogP contribution in [0.5, 0.6) is 0 Å². The summed E-state index contributed by atoms with van der Waals surface area (Å²) in [5.74, 6) is -0.490. The van der Waals surface area contributed by atoms with Crippen LogP contribution in [0.2, 0.25) is 0 Å². The normalized spacial score (nSPS) is 14.4. The van der Waals surface area contributed by atoms with E-state index >= 15 is 0 Å². The van der Waals surface area contributed by atoms with Crippen LogP contribution in [0, 0.1) is 17.3 Å². The minimum Gasteiger partial charge on any atom is -0.303 e. The molecule has 0 aromatic rings. The van der Waals surface area contributed by atoms with Gasteiger partial charge in [0.1, 0.15) is 17.9 Å². The van der Waals surface area contributed by atoms with Gasteiger partial charge in [0.25, 0.3) is 0 Å². The Morgan fingerprint density at radius 2 is 1.64 bits per heavy atom.